The van der Waals surface area contributed by atoms with Gasteiger partial charge in [0.2, 0.25) is 0 Å². The number of nitrogens with zero attached hydrogens (tertiary/aromatic N) is 2. The van der Waals surface area contributed by atoms with Crippen LogP contribution in [0.3, 0.4) is 0 Å². The van der Waals surface area contributed by atoms with E-state index in [1.165, 1.54) is 0 Å². The summed E-state index contributed by atoms with van der Waals surface area (Å²) in [6, 6.07) is 4.06. The Balaban J connectivity index is 1.89. The topological polar surface area (TPSA) is 72.9 Å². The molecule has 2 heterocycles. The number of aliphatic hydroxyl groups is 1. The van der Waals surface area contributed by atoms with Crippen LogP contribution >= 0.6 is 11.3 Å². The molecular formula is C16H25N3O3S. The number of piperidine rings is 1. The molecule has 2 N–H and O–H groups in total. The molecule has 1 aromatic heterocycles. The highest BCUT2D eigenvalue weighted by atomic mass is 32.1. The van der Waals surface area contributed by atoms with E-state index >= 15 is 0 Å². The fourth-order valence-corrected chi connectivity index (χ4v) is 3.75. The Morgan fingerprint density at radius 1 is 1.52 bits per heavy atom. The van der Waals surface area contributed by atoms with Crippen molar-refractivity contribution >= 4 is 23.2 Å². The molecule has 0 saturated carbocycles. The minimum absolute atomic E-state index is 0.0540. The molecule has 0 radical (unpaired) electrons. The zero-order valence-electron chi connectivity index (χ0n) is 13.7. The Kier molecular flexibility index (Phi) is 6.56. The molecule has 2 atom stereocenters. The maximum atomic E-state index is 12.2. The van der Waals surface area contributed by atoms with Gasteiger partial charge in [-0.3, -0.25) is 9.59 Å². The lowest BCUT2D eigenvalue weighted by Gasteiger charge is -2.31. The van der Waals surface area contributed by atoms with Gasteiger partial charge in [-0.1, -0.05) is 6.07 Å². The van der Waals surface area contributed by atoms with E-state index in [0.29, 0.717) is 19.6 Å². The summed E-state index contributed by atoms with van der Waals surface area (Å²) in [5, 5.41) is 14.0. The molecule has 1 aliphatic heterocycles. The van der Waals surface area contributed by atoms with Crippen LogP contribution < -0.4 is 5.32 Å². The first-order valence-electron chi connectivity index (χ1n) is 7.90. The second-order valence-corrected chi connectivity index (χ2v) is 7.13. The minimum Gasteiger partial charge on any atom is -0.396 e. The standard InChI is InChI=1S/C16H25N3O3S/c1-18(2)13(14-6-4-8-23-14)9-17-15(21)16(22)19-7-3-5-12(10-19)11-20/h4,6,8,12-13,20H,3,5,7,9-11H2,1-2H3,(H,17,21)/t12-,13+/m0/s1. The Bertz CT molecular complexity index is 519. The molecule has 0 spiro atoms. The van der Waals surface area contributed by atoms with Crippen LogP contribution in [0.2, 0.25) is 0 Å². The van der Waals surface area contributed by atoms with Gasteiger partial charge in [-0.25, -0.2) is 0 Å². The largest absolute Gasteiger partial charge is 0.396 e. The molecule has 6 nitrogen and oxygen atoms in total. The van der Waals surface area contributed by atoms with E-state index in [4.69, 9.17) is 0 Å². The van der Waals surface area contributed by atoms with Gasteiger partial charge in [-0.15, -0.1) is 11.3 Å². The van der Waals surface area contributed by atoms with Crippen molar-refractivity contribution in [1.82, 2.24) is 15.1 Å². The van der Waals surface area contributed by atoms with Gasteiger partial charge < -0.3 is 20.2 Å². The van der Waals surface area contributed by atoms with Crippen LogP contribution in [-0.4, -0.2) is 67.1 Å². The second-order valence-electron chi connectivity index (χ2n) is 6.15. The molecule has 0 aliphatic carbocycles. The third kappa shape index (κ3) is 4.76. The highest BCUT2D eigenvalue weighted by Gasteiger charge is 2.28. The van der Waals surface area contributed by atoms with Crippen molar-refractivity contribution in [3.8, 4) is 0 Å². The number of thiophene rings is 1. The zero-order valence-corrected chi connectivity index (χ0v) is 14.5. The zero-order chi connectivity index (χ0) is 16.8. The Labute approximate surface area is 141 Å². The first-order valence-corrected chi connectivity index (χ1v) is 8.78. The average molecular weight is 339 g/mol. The first kappa shape index (κ1) is 17.9. The van der Waals surface area contributed by atoms with Crippen LogP contribution in [0.25, 0.3) is 0 Å². The lowest BCUT2D eigenvalue weighted by molar-refractivity contribution is -0.147. The molecule has 1 saturated heterocycles. The molecule has 1 aliphatic rings. The average Bonchev–Trinajstić information content (AvgIpc) is 3.08. The Morgan fingerprint density at radius 3 is 2.91 bits per heavy atom. The molecule has 128 valence electrons. The van der Waals surface area contributed by atoms with Crippen LogP contribution in [0.15, 0.2) is 17.5 Å². The maximum absolute atomic E-state index is 12.2. The summed E-state index contributed by atoms with van der Waals surface area (Å²) in [6.07, 6.45) is 1.74. The van der Waals surface area contributed by atoms with Crippen LogP contribution in [0, 0.1) is 5.92 Å². The molecule has 7 heteroatoms. The Hall–Kier alpha value is -1.44. The molecule has 2 amide bonds. The van der Waals surface area contributed by atoms with Crippen molar-refractivity contribution in [2.45, 2.75) is 18.9 Å². The van der Waals surface area contributed by atoms with Gasteiger partial charge >= 0.3 is 11.8 Å². The molecule has 1 fully saturated rings. The van der Waals surface area contributed by atoms with E-state index < -0.39 is 11.8 Å². The van der Waals surface area contributed by atoms with E-state index in [2.05, 4.69) is 5.32 Å². The van der Waals surface area contributed by atoms with Crippen molar-refractivity contribution < 1.29 is 14.7 Å². The number of likely N-dealkylation sites (tertiary alicyclic amines) is 1. The summed E-state index contributed by atoms with van der Waals surface area (Å²) >= 11 is 1.63. The van der Waals surface area contributed by atoms with Gasteiger partial charge in [0.25, 0.3) is 0 Å². The van der Waals surface area contributed by atoms with Crippen molar-refractivity contribution in [2.24, 2.45) is 5.92 Å². The van der Waals surface area contributed by atoms with E-state index in [-0.39, 0.29) is 18.6 Å². The number of hydrogen-bond donors (Lipinski definition) is 2. The third-order valence-electron chi connectivity index (χ3n) is 4.21. The van der Waals surface area contributed by atoms with Crippen molar-refractivity contribution in [1.29, 1.82) is 0 Å². The number of rotatable bonds is 5. The summed E-state index contributed by atoms with van der Waals surface area (Å²) in [6.45, 7) is 1.51. The lowest BCUT2D eigenvalue weighted by atomic mass is 9.99. The third-order valence-corrected chi connectivity index (χ3v) is 5.18. The quantitative estimate of drug-likeness (QED) is 0.775. The predicted octanol–water partition coefficient (Wildman–Crippen LogP) is 0.698. The number of nitrogens with one attached hydrogen (secondary N) is 1. The highest BCUT2D eigenvalue weighted by molar-refractivity contribution is 7.10. The van der Waals surface area contributed by atoms with Crippen LogP contribution in [0.5, 0.6) is 0 Å². The van der Waals surface area contributed by atoms with Gasteiger partial charge in [0.1, 0.15) is 0 Å². The summed E-state index contributed by atoms with van der Waals surface area (Å²) in [5.74, 6) is -0.972. The smallest absolute Gasteiger partial charge is 0.311 e. The Morgan fingerprint density at radius 2 is 2.30 bits per heavy atom. The number of likely N-dealkylation sites (N-methyl/N-ethyl adjacent to an activating group) is 1. The number of carbonyl (C=O) groups is 2. The summed E-state index contributed by atoms with van der Waals surface area (Å²) < 4.78 is 0. The summed E-state index contributed by atoms with van der Waals surface area (Å²) in [4.78, 5) is 29.1. The summed E-state index contributed by atoms with van der Waals surface area (Å²) in [7, 11) is 3.91. The number of aliphatic hydroxyl groups excluding tert-OH is 1. The summed E-state index contributed by atoms with van der Waals surface area (Å²) in [5.41, 5.74) is 0. The fraction of sp³-hybridized carbons (Fsp3) is 0.625. The van der Waals surface area contributed by atoms with Crippen LogP contribution in [0.1, 0.15) is 23.8 Å². The fourth-order valence-electron chi connectivity index (χ4n) is 2.83. The monoisotopic (exact) mass is 339 g/mol. The van der Waals surface area contributed by atoms with Crippen molar-refractivity contribution in [3.05, 3.63) is 22.4 Å². The van der Waals surface area contributed by atoms with Gasteiger partial charge in [0, 0.05) is 31.1 Å². The molecule has 23 heavy (non-hydrogen) atoms. The van der Waals surface area contributed by atoms with E-state index in [1.54, 1.807) is 16.2 Å². The van der Waals surface area contributed by atoms with Gasteiger partial charge in [-0.2, -0.15) is 0 Å². The number of amides is 2. The van der Waals surface area contributed by atoms with Crippen LogP contribution in [0.4, 0.5) is 0 Å². The van der Waals surface area contributed by atoms with E-state index in [9.17, 15) is 14.7 Å². The van der Waals surface area contributed by atoms with E-state index in [0.717, 1.165) is 17.7 Å². The number of carbonyl (C=O) groups excluding carboxylic acids is 2. The normalized spacial score (nSPS) is 19.7. The van der Waals surface area contributed by atoms with Gasteiger partial charge in [0.05, 0.1) is 6.04 Å². The molecule has 2 rings (SSSR count). The molecule has 0 bridgehead atoms. The second kappa shape index (κ2) is 8.42. The van der Waals surface area contributed by atoms with Crippen molar-refractivity contribution in [3.63, 3.8) is 0 Å². The maximum Gasteiger partial charge on any atom is 0.311 e. The minimum atomic E-state index is -0.563. The molecule has 0 aromatic carbocycles. The molecule has 0 unspecified atom stereocenters. The molecular weight excluding hydrogens is 314 g/mol. The van der Waals surface area contributed by atoms with Crippen molar-refractivity contribution in [2.75, 3.05) is 40.3 Å². The van der Waals surface area contributed by atoms with E-state index in [1.807, 2.05) is 36.5 Å². The number of hydrogen-bond acceptors (Lipinski definition) is 5. The van der Waals surface area contributed by atoms with Gasteiger partial charge in [-0.05, 0) is 44.3 Å². The molecule has 1 aromatic rings. The first-order chi connectivity index (χ1) is 11.0. The lowest BCUT2D eigenvalue weighted by Crippen LogP contribution is -2.48. The van der Waals surface area contributed by atoms with Crippen LogP contribution in [-0.2, 0) is 9.59 Å². The highest BCUT2D eigenvalue weighted by Crippen LogP contribution is 2.22. The van der Waals surface area contributed by atoms with Gasteiger partial charge in [0.15, 0.2) is 0 Å². The predicted molar refractivity (Wildman–Crippen MR) is 90.1 cm³/mol. The SMILES string of the molecule is CN(C)[C@H](CNC(=O)C(=O)N1CCC[C@H](CO)C1)c1cccs1.